The third-order valence-corrected chi connectivity index (χ3v) is 5.00. The van der Waals surface area contributed by atoms with Gasteiger partial charge in [0.1, 0.15) is 0 Å². The zero-order valence-electron chi connectivity index (χ0n) is 17.2. The van der Waals surface area contributed by atoms with Gasteiger partial charge in [-0.05, 0) is 72.5 Å². The summed E-state index contributed by atoms with van der Waals surface area (Å²) in [6.07, 6.45) is 5.43. The van der Waals surface area contributed by atoms with Gasteiger partial charge >= 0.3 is 0 Å². The molecule has 6 nitrogen and oxygen atoms in total. The van der Waals surface area contributed by atoms with Gasteiger partial charge in [-0.15, -0.1) is 0 Å². The molecule has 0 saturated heterocycles. The number of fused-ring (bicyclic) bond motifs is 1. The Kier molecular flexibility index (Phi) is 5.39. The molecule has 0 spiro atoms. The van der Waals surface area contributed by atoms with E-state index >= 15 is 0 Å². The minimum atomic E-state index is -0.0448. The van der Waals surface area contributed by atoms with Gasteiger partial charge in [-0.3, -0.25) is 9.78 Å². The Hall–Kier alpha value is -3.80. The van der Waals surface area contributed by atoms with E-state index in [0.717, 1.165) is 38.8 Å². The lowest BCUT2D eigenvalue weighted by atomic mass is 9.99. The number of anilines is 2. The fourth-order valence-corrected chi connectivity index (χ4v) is 3.46. The molecule has 0 aliphatic carbocycles. The number of pyridine rings is 1. The summed E-state index contributed by atoms with van der Waals surface area (Å²) < 4.78 is 0. The lowest BCUT2D eigenvalue weighted by molar-refractivity contribution is -0.119. The van der Waals surface area contributed by atoms with Gasteiger partial charge in [0.2, 0.25) is 11.9 Å². The molecule has 2 aromatic carbocycles. The molecule has 6 heteroatoms. The summed E-state index contributed by atoms with van der Waals surface area (Å²) in [6.45, 7) is 5.56. The van der Waals surface area contributed by atoms with Gasteiger partial charge in [-0.2, -0.15) is 0 Å². The number of aromatic nitrogens is 3. The van der Waals surface area contributed by atoms with Crippen LogP contribution in [0.2, 0.25) is 0 Å². The van der Waals surface area contributed by atoms with Crippen LogP contribution in [0.15, 0.2) is 67.1 Å². The summed E-state index contributed by atoms with van der Waals surface area (Å²) in [5.41, 5.74) is 6.24. The molecule has 2 heterocycles. The van der Waals surface area contributed by atoms with Crippen molar-refractivity contribution < 1.29 is 4.79 Å². The number of hydrogen-bond donors (Lipinski definition) is 2. The number of amides is 1. The van der Waals surface area contributed by atoms with Gasteiger partial charge in [0.25, 0.3) is 0 Å². The van der Waals surface area contributed by atoms with Gasteiger partial charge in [0, 0.05) is 36.6 Å². The normalized spacial score (nSPS) is 11.8. The molecule has 1 atom stereocenters. The maximum absolute atomic E-state index is 11.2. The van der Waals surface area contributed by atoms with Gasteiger partial charge in [-0.25, -0.2) is 9.97 Å². The van der Waals surface area contributed by atoms with Crippen LogP contribution < -0.4 is 10.6 Å². The Morgan fingerprint density at radius 1 is 1.03 bits per heavy atom. The first-order valence-corrected chi connectivity index (χ1v) is 9.81. The number of aryl methyl sites for hydroxylation is 1. The fraction of sp³-hybridized carbons (Fsp3) is 0.167. The Morgan fingerprint density at radius 3 is 2.47 bits per heavy atom. The van der Waals surface area contributed by atoms with E-state index in [9.17, 15) is 4.79 Å². The maximum Gasteiger partial charge on any atom is 0.227 e. The van der Waals surface area contributed by atoms with Gasteiger partial charge in [0.15, 0.2) is 0 Å². The first kappa shape index (κ1) is 19.5. The second-order valence-electron chi connectivity index (χ2n) is 7.32. The molecule has 1 amide bonds. The predicted molar refractivity (Wildman–Crippen MR) is 119 cm³/mol. The number of nitrogens with one attached hydrogen (secondary N) is 2. The van der Waals surface area contributed by atoms with Crippen molar-refractivity contribution in [3.05, 3.63) is 78.2 Å². The number of benzene rings is 2. The Morgan fingerprint density at radius 2 is 1.77 bits per heavy atom. The monoisotopic (exact) mass is 397 g/mol. The Labute approximate surface area is 175 Å². The van der Waals surface area contributed by atoms with Crippen molar-refractivity contribution in [2.75, 3.05) is 5.32 Å². The van der Waals surface area contributed by atoms with Crippen LogP contribution in [0.3, 0.4) is 0 Å². The summed E-state index contributed by atoms with van der Waals surface area (Å²) >= 11 is 0. The van der Waals surface area contributed by atoms with E-state index < -0.39 is 0 Å². The highest BCUT2D eigenvalue weighted by Gasteiger charge is 2.09. The molecule has 0 aliphatic heterocycles. The van der Waals surface area contributed by atoms with Gasteiger partial charge in [-0.1, -0.05) is 12.1 Å². The lowest BCUT2D eigenvalue weighted by Crippen LogP contribution is -2.23. The van der Waals surface area contributed by atoms with E-state index in [1.165, 1.54) is 6.92 Å². The topological polar surface area (TPSA) is 79.8 Å². The maximum atomic E-state index is 11.2. The number of hydrogen-bond acceptors (Lipinski definition) is 5. The number of rotatable bonds is 5. The molecule has 2 N–H and O–H groups in total. The zero-order valence-corrected chi connectivity index (χ0v) is 17.2. The van der Waals surface area contributed by atoms with Crippen LogP contribution in [0.4, 0.5) is 11.6 Å². The first-order chi connectivity index (χ1) is 14.5. The van der Waals surface area contributed by atoms with Crippen LogP contribution in [0.5, 0.6) is 0 Å². The number of carbonyl (C=O) groups is 1. The summed E-state index contributed by atoms with van der Waals surface area (Å²) in [5.74, 6) is 0.498. The van der Waals surface area contributed by atoms with Crippen LogP contribution in [0.25, 0.3) is 22.0 Å². The lowest BCUT2D eigenvalue weighted by Gasteiger charge is -2.14. The van der Waals surface area contributed by atoms with Crippen LogP contribution in [0.1, 0.15) is 31.0 Å². The highest BCUT2D eigenvalue weighted by molar-refractivity contribution is 5.86. The average Bonchev–Trinajstić information content (AvgIpc) is 2.74. The van der Waals surface area contributed by atoms with E-state index in [0.29, 0.717) is 5.95 Å². The van der Waals surface area contributed by atoms with E-state index in [1.54, 1.807) is 12.4 Å². The minimum absolute atomic E-state index is 0.0361. The van der Waals surface area contributed by atoms with Crippen molar-refractivity contribution in [2.24, 2.45) is 0 Å². The third kappa shape index (κ3) is 4.27. The number of carbonyl (C=O) groups excluding carboxylic acids is 1. The fourth-order valence-electron chi connectivity index (χ4n) is 3.46. The van der Waals surface area contributed by atoms with Crippen molar-refractivity contribution in [1.29, 1.82) is 0 Å². The smallest absolute Gasteiger partial charge is 0.227 e. The summed E-state index contributed by atoms with van der Waals surface area (Å²) in [7, 11) is 0. The van der Waals surface area contributed by atoms with E-state index in [4.69, 9.17) is 0 Å². The van der Waals surface area contributed by atoms with Gasteiger partial charge in [0.05, 0.1) is 11.6 Å². The molecule has 0 unspecified atom stereocenters. The van der Waals surface area contributed by atoms with Crippen LogP contribution >= 0.6 is 0 Å². The van der Waals surface area contributed by atoms with E-state index in [2.05, 4.69) is 44.6 Å². The van der Waals surface area contributed by atoms with Crippen molar-refractivity contribution in [3.63, 3.8) is 0 Å². The molecule has 0 aliphatic rings. The molecular weight excluding hydrogens is 374 g/mol. The molecule has 4 aromatic rings. The summed E-state index contributed by atoms with van der Waals surface area (Å²) in [5, 5.41) is 7.12. The van der Waals surface area contributed by atoms with Crippen molar-refractivity contribution >= 4 is 28.4 Å². The molecule has 30 heavy (non-hydrogen) atoms. The second-order valence-corrected chi connectivity index (χ2v) is 7.32. The SMILES string of the molecule is CC(=O)N[C@H](C)c1ccc(Nc2ncc3cc(-c4ccncc4)c(C)cc3n2)cc1. The molecule has 0 saturated carbocycles. The first-order valence-electron chi connectivity index (χ1n) is 9.81. The predicted octanol–water partition coefficient (Wildman–Crippen LogP) is 4.94. The van der Waals surface area contributed by atoms with Gasteiger partial charge < -0.3 is 10.6 Å². The summed E-state index contributed by atoms with van der Waals surface area (Å²) in [4.78, 5) is 24.5. The van der Waals surface area contributed by atoms with Crippen LogP contribution in [-0.2, 0) is 4.79 Å². The Balaban J connectivity index is 1.56. The molecule has 4 rings (SSSR count). The average molecular weight is 397 g/mol. The molecule has 0 bridgehead atoms. The highest BCUT2D eigenvalue weighted by Crippen LogP contribution is 2.28. The van der Waals surface area contributed by atoms with Crippen molar-refractivity contribution in [3.8, 4) is 11.1 Å². The second kappa shape index (κ2) is 8.29. The quantitative estimate of drug-likeness (QED) is 0.499. The van der Waals surface area contributed by atoms with Crippen LogP contribution in [0, 0.1) is 6.92 Å². The van der Waals surface area contributed by atoms with Crippen LogP contribution in [-0.4, -0.2) is 20.9 Å². The highest BCUT2D eigenvalue weighted by atomic mass is 16.1. The molecular formula is C24H23N5O. The minimum Gasteiger partial charge on any atom is -0.350 e. The van der Waals surface area contributed by atoms with Crippen molar-refractivity contribution in [2.45, 2.75) is 26.8 Å². The number of nitrogens with zero attached hydrogens (tertiary/aromatic N) is 3. The Bertz CT molecular complexity index is 1190. The van der Waals surface area contributed by atoms with E-state index in [1.807, 2.05) is 49.5 Å². The summed E-state index contributed by atoms with van der Waals surface area (Å²) in [6, 6.07) is 16.0. The standard InChI is InChI=1S/C24H23N5O/c1-15-12-23-20(13-22(15)19-8-10-25-11-9-19)14-26-24(29-23)28-21-6-4-18(5-7-21)16(2)27-17(3)30/h4-14,16H,1-3H3,(H,27,30)(H,26,28,29)/t16-/m1/s1. The van der Waals surface area contributed by atoms with E-state index in [-0.39, 0.29) is 11.9 Å². The molecule has 2 aromatic heterocycles. The molecule has 0 radical (unpaired) electrons. The van der Waals surface area contributed by atoms with Crippen molar-refractivity contribution in [1.82, 2.24) is 20.3 Å². The zero-order chi connectivity index (χ0) is 21.1. The third-order valence-electron chi connectivity index (χ3n) is 5.00. The molecule has 150 valence electrons. The largest absolute Gasteiger partial charge is 0.350 e. The molecule has 0 fully saturated rings.